The Bertz CT molecular complexity index is 1470. The van der Waals surface area contributed by atoms with Crippen LogP contribution in [0, 0.1) is 5.41 Å². The first kappa shape index (κ1) is 66.3. The van der Waals surface area contributed by atoms with Crippen LogP contribution in [0.25, 0.3) is 0 Å². The quantitative estimate of drug-likeness (QED) is 0.215. The van der Waals surface area contributed by atoms with Crippen molar-refractivity contribution in [3.63, 3.8) is 0 Å². The van der Waals surface area contributed by atoms with Gasteiger partial charge in [-0.3, -0.25) is 9.79 Å². The maximum atomic E-state index is 10.7. The topological polar surface area (TPSA) is 178 Å². The molecule has 1 aliphatic heterocycles. The van der Waals surface area contributed by atoms with E-state index < -0.39 is 111 Å². The van der Waals surface area contributed by atoms with E-state index in [0.29, 0.717) is 0 Å². The Morgan fingerprint density at radius 1 is 0.373 bits per heavy atom. The van der Waals surface area contributed by atoms with E-state index in [0.717, 1.165) is 12.0 Å². The van der Waals surface area contributed by atoms with Crippen LogP contribution in [-0.2, 0) is 59.4 Å². The molecule has 2 N–H and O–H groups in total. The lowest BCUT2D eigenvalue weighted by atomic mass is 9.72. The molecule has 0 unspecified atom stereocenters. The molecule has 0 atom stereocenters. The molecule has 1 fully saturated rings. The highest BCUT2D eigenvalue weighted by molar-refractivity contribution is 7.46. The molecule has 0 bridgehead atoms. The molecular weight excluding hydrogens is 1080 g/mol. The standard InChI is InChI=1S/C24H72O12Si12.C14H23O4P/c1-37(2)25-38(3,4)27-40(7,8)29-42(11,12)31-44(15,16)33-46(19,20)35-48(23,24)36-47(21,22)34-45(17,18)32-43(13,14)30-41(9,10)28-39(5,6)26-37;1-13(2,3)10-14(4,5)11-6-8-12(9-7-11)18-19(15,16)17/h1-24H3;6-9H,10H2,1-5H3,(H2,15,16,17). The van der Waals surface area contributed by atoms with Gasteiger partial charge < -0.3 is 53.9 Å². The molecule has 0 saturated carbocycles. The van der Waals surface area contributed by atoms with Crippen LogP contribution in [0.2, 0.25) is 157 Å². The highest BCUT2D eigenvalue weighted by Crippen LogP contribution is 2.40. The zero-order chi connectivity index (χ0) is 53.4. The second-order valence-electron chi connectivity index (χ2n) is 24.8. The van der Waals surface area contributed by atoms with Crippen molar-refractivity contribution in [3.05, 3.63) is 29.8 Å². The van der Waals surface area contributed by atoms with Crippen LogP contribution in [0.5, 0.6) is 5.75 Å². The van der Waals surface area contributed by atoms with Gasteiger partial charge in [-0.1, -0.05) is 46.8 Å². The van der Waals surface area contributed by atoms with E-state index in [2.05, 4.69) is 196 Å². The molecule has 0 radical (unpaired) electrons. The first-order chi connectivity index (χ1) is 28.9. The van der Waals surface area contributed by atoms with Crippen LogP contribution in [0.3, 0.4) is 0 Å². The summed E-state index contributed by atoms with van der Waals surface area (Å²) in [6, 6.07) is 6.91. The summed E-state index contributed by atoms with van der Waals surface area (Å²) in [4.78, 5) is 17.5. The Kier molecular flexibility index (Phi) is 22.0. The van der Waals surface area contributed by atoms with Gasteiger partial charge in [-0.05, 0) is 192 Å². The fourth-order valence-corrected chi connectivity index (χ4v) is 73.6. The Morgan fingerprint density at radius 3 is 0.672 bits per heavy atom. The van der Waals surface area contributed by atoms with E-state index in [-0.39, 0.29) is 16.6 Å². The normalized spacial score (nSPS) is 26.4. The third-order valence-electron chi connectivity index (χ3n) is 8.73. The fourth-order valence-electron chi connectivity index (χ4n) is 9.89. The number of phosphoric acid groups is 1. The minimum Gasteiger partial charge on any atom is -0.416 e. The molecule has 0 aromatic heterocycles. The average molecular weight is 1180 g/mol. The van der Waals surface area contributed by atoms with E-state index in [1.165, 1.54) is 0 Å². The molecule has 1 heterocycles. The first-order valence-corrected chi connectivity index (χ1v) is 58.5. The van der Waals surface area contributed by atoms with Gasteiger partial charge in [-0.25, -0.2) is 4.57 Å². The van der Waals surface area contributed by atoms with Gasteiger partial charge >= 0.3 is 111 Å². The molecule has 1 aromatic carbocycles. The zero-order valence-electron chi connectivity index (χ0n) is 47.1. The highest BCUT2D eigenvalue weighted by atomic mass is 31.2. The summed E-state index contributed by atoms with van der Waals surface area (Å²) in [6.45, 7) is 60.3. The van der Waals surface area contributed by atoms with Crippen molar-refractivity contribution in [2.75, 3.05) is 0 Å². The Morgan fingerprint density at radius 2 is 0.537 bits per heavy atom. The van der Waals surface area contributed by atoms with E-state index in [9.17, 15) is 4.57 Å². The molecule has 29 heteroatoms. The van der Waals surface area contributed by atoms with Crippen molar-refractivity contribution in [1.29, 1.82) is 0 Å². The van der Waals surface area contributed by atoms with Crippen molar-refractivity contribution in [1.82, 2.24) is 0 Å². The molecule has 16 nitrogen and oxygen atoms in total. The van der Waals surface area contributed by atoms with Crippen molar-refractivity contribution >= 4 is 111 Å². The maximum Gasteiger partial charge on any atom is 0.524 e. The summed E-state index contributed by atoms with van der Waals surface area (Å²) < 4.78 is 96.6. The van der Waals surface area contributed by atoms with Crippen LogP contribution in [0.4, 0.5) is 0 Å². The second-order valence-corrected chi connectivity index (χ2v) is 69.3. The summed E-state index contributed by atoms with van der Waals surface area (Å²) in [5, 5.41) is 0. The van der Waals surface area contributed by atoms with Crippen molar-refractivity contribution < 1.29 is 68.3 Å². The molecule has 0 amide bonds. The Labute approximate surface area is 420 Å². The molecule has 396 valence electrons. The monoisotopic (exact) mass is 1170 g/mol. The Hall–Kier alpha value is 1.29. The van der Waals surface area contributed by atoms with E-state index in [1.807, 2.05) is 12.1 Å². The Balaban J connectivity index is 0.000000979. The number of rotatable bonds is 4. The summed E-state index contributed by atoms with van der Waals surface area (Å²) in [6.07, 6.45) is 1.01. The number of phosphoric ester groups is 1. The average Bonchev–Trinajstić information content (AvgIpc) is 2.86. The molecule has 1 aromatic rings. The molecule has 1 saturated heterocycles. The van der Waals surface area contributed by atoms with Crippen molar-refractivity contribution in [2.24, 2.45) is 5.41 Å². The lowest BCUT2D eigenvalue weighted by Crippen LogP contribution is -2.64. The van der Waals surface area contributed by atoms with Gasteiger partial charge in [0.2, 0.25) is 0 Å². The highest BCUT2D eigenvalue weighted by Gasteiger charge is 2.53. The maximum absolute atomic E-state index is 10.7. The van der Waals surface area contributed by atoms with Crippen LogP contribution in [0.15, 0.2) is 24.3 Å². The molecule has 67 heavy (non-hydrogen) atoms. The molecular formula is C38H95O16PSi12. The summed E-state index contributed by atoms with van der Waals surface area (Å²) >= 11 is 0. The second kappa shape index (κ2) is 22.2. The predicted octanol–water partition coefficient (Wildman–Crippen LogP) is 12.5. The largest absolute Gasteiger partial charge is 0.524 e. The number of benzene rings is 1. The minimum absolute atomic E-state index is 0.00109. The van der Waals surface area contributed by atoms with Gasteiger partial charge in [0.1, 0.15) is 5.75 Å². The SMILES string of the molecule is CC(C)(C)CC(C)(C)c1ccc(OP(=O)(O)O)cc1.C[Si]1(C)O[Si](C)(C)O[Si](C)(C)O[Si](C)(C)O[Si](C)(C)O[Si](C)(C)O[Si](C)(C)O[Si](C)(C)O[Si](C)(C)O[Si](C)(C)O[Si](C)(C)O[Si](C)(C)O1. The molecule has 0 spiro atoms. The van der Waals surface area contributed by atoms with Crippen LogP contribution >= 0.6 is 7.82 Å². The van der Waals surface area contributed by atoms with E-state index >= 15 is 0 Å². The molecule has 1 aliphatic rings. The van der Waals surface area contributed by atoms with E-state index in [1.54, 1.807) is 12.1 Å². The van der Waals surface area contributed by atoms with Crippen molar-refractivity contribution in [3.8, 4) is 5.75 Å². The summed E-state index contributed by atoms with van der Waals surface area (Å²) in [7, 11) is -36.9. The van der Waals surface area contributed by atoms with Gasteiger partial charge in [0.15, 0.2) is 0 Å². The summed E-state index contributed by atoms with van der Waals surface area (Å²) in [5.41, 5.74) is 1.34. The third kappa shape index (κ3) is 28.5. The number of hydrogen-bond donors (Lipinski definition) is 2. The zero-order valence-corrected chi connectivity index (χ0v) is 60.0. The lowest BCUT2D eigenvalue weighted by molar-refractivity contribution is 0.243. The van der Waals surface area contributed by atoms with Gasteiger partial charge in [0.05, 0.1) is 0 Å². The fraction of sp³-hybridized carbons (Fsp3) is 0.842. The van der Waals surface area contributed by atoms with Crippen LogP contribution < -0.4 is 4.52 Å². The predicted molar refractivity (Wildman–Crippen MR) is 299 cm³/mol. The van der Waals surface area contributed by atoms with Crippen LogP contribution in [-0.4, -0.2) is 113 Å². The lowest BCUT2D eigenvalue weighted by Gasteiger charge is -2.46. The van der Waals surface area contributed by atoms with Gasteiger partial charge in [-0.15, -0.1) is 0 Å². The molecule has 0 aliphatic carbocycles. The van der Waals surface area contributed by atoms with Crippen molar-refractivity contribution in [2.45, 2.75) is 204 Å². The van der Waals surface area contributed by atoms with Gasteiger partial charge in [0.25, 0.3) is 0 Å². The number of hydrogen-bond acceptors (Lipinski definition) is 14. The van der Waals surface area contributed by atoms with E-state index in [4.69, 9.17) is 59.2 Å². The molecule has 2 rings (SSSR count). The third-order valence-corrected chi connectivity index (χ3v) is 56.4. The van der Waals surface area contributed by atoms with Gasteiger partial charge in [-0.2, -0.15) is 0 Å². The minimum atomic E-state index is -4.48. The van der Waals surface area contributed by atoms with Crippen LogP contribution in [0.1, 0.15) is 46.6 Å². The van der Waals surface area contributed by atoms with Gasteiger partial charge in [0, 0.05) is 0 Å². The summed E-state index contributed by atoms with van der Waals surface area (Å²) in [5.74, 6) is 0.184. The smallest absolute Gasteiger partial charge is 0.416 e. The first-order valence-electron chi connectivity index (χ1n) is 23.1.